The fourth-order valence-electron chi connectivity index (χ4n) is 4.79. The van der Waals surface area contributed by atoms with Crippen LogP contribution in [0, 0.1) is 5.92 Å². The average molecular weight is 595 g/mol. The third-order valence-electron chi connectivity index (χ3n) is 6.94. The van der Waals surface area contributed by atoms with Crippen molar-refractivity contribution in [3.63, 3.8) is 0 Å². The molecule has 224 valence electrons. The number of methoxy groups -OCH3 is 1. The molecule has 1 aliphatic rings. The quantitative estimate of drug-likeness (QED) is 0.328. The Balaban J connectivity index is 1.42. The van der Waals surface area contributed by atoms with Crippen LogP contribution in [-0.4, -0.2) is 50.6 Å². The highest BCUT2D eigenvalue weighted by molar-refractivity contribution is 7.89. The van der Waals surface area contributed by atoms with E-state index in [1.165, 1.54) is 11.4 Å². The summed E-state index contributed by atoms with van der Waals surface area (Å²) >= 11 is 0. The van der Waals surface area contributed by atoms with Gasteiger partial charge in [0.2, 0.25) is 10.0 Å². The zero-order chi connectivity index (χ0) is 30.3. The van der Waals surface area contributed by atoms with Crippen molar-refractivity contribution in [2.45, 2.75) is 56.8 Å². The summed E-state index contributed by atoms with van der Waals surface area (Å²) in [5, 5.41) is 2.96. The van der Waals surface area contributed by atoms with Crippen LogP contribution in [0.2, 0.25) is 0 Å². The Morgan fingerprint density at radius 2 is 1.57 bits per heavy atom. The Bertz CT molecular complexity index is 1460. The van der Waals surface area contributed by atoms with Crippen LogP contribution >= 0.6 is 0 Å². The van der Waals surface area contributed by atoms with E-state index in [1.807, 2.05) is 75.4 Å². The minimum absolute atomic E-state index is 0.198. The number of esters is 1. The highest BCUT2D eigenvalue weighted by Gasteiger charge is 2.32. The number of alkyl carbamates (subject to hydrolysis) is 1. The molecule has 0 radical (unpaired) electrons. The first-order valence-electron chi connectivity index (χ1n) is 13.9. The maximum atomic E-state index is 13.1. The van der Waals surface area contributed by atoms with Gasteiger partial charge in [-0.1, -0.05) is 54.6 Å². The molecule has 1 amide bonds. The molecule has 1 saturated heterocycles. The smallest absolute Gasteiger partial charge is 0.408 e. The van der Waals surface area contributed by atoms with Gasteiger partial charge in [-0.25, -0.2) is 13.2 Å². The van der Waals surface area contributed by atoms with Crippen molar-refractivity contribution in [3.05, 3.63) is 95.6 Å². The molecule has 1 heterocycles. The molecule has 10 heteroatoms. The van der Waals surface area contributed by atoms with Crippen LogP contribution < -0.4 is 10.1 Å². The second-order valence-corrected chi connectivity index (χ2v) is 13.1. The van der Waals surface area contributed by atoms with Gasteiger partial charge in [0.1, 0.15) is 18.0 Å². The van der Waals surface area contributed by atoms with Gasteiger partial charge in [0.25, 0.3) is 0 Å². The predicted octanol–water partition coefficient (Wildman–Crippen LogP) is 5.45. The topological polar surface area (TPSA) is 111 Å². The zero-order valence-electron chi connectivity index (χ0n) is 24.4. The Morgan fingerprint density at radius 1 is 0.929 bits per heavy atom. The molecule has 1 fully saturated rings. The van der Waals surface area contributed by atoms with E-state index in [9.17, 15) is 18.0 Å². The first kappa shape index (κ1) is 31.1. The van der Waals surface area contributed by atoms with Crippen LogP contribution in [0.15, 0.2) is 83.8 Å². The Hall–Kier alpha value is -3.89. The lowest BCUT2D eigenvalue weighted by Crippen LogP contribution is -2.40. The molecular formula is C32H38N2O7S. The van der Waals surface area contributed by atoms with Gasteiger partial charge >= 0.3 is 12.1 Å². The van der Waals surface area contributed by atoms with E-state index >= 15 is 0 Å². The van der Waals surface area contributed by atoms with Gasteiger partial charge in [0.15, 0.2) is 0 Å². The molecule has 1 N–H and O–H groups in total. The van der Waals surface area contributed by atoms with E-state index in [2.05, 4.69) is 5.32 Å². The summed E-state index contributed by atoms with van der Waals surface area (Å²) in [6.45, 7) is 6.22. The van der Waals surface area contributed by atoms with Crippen molar-refractivity contribution in [1.29, 1.82) is 0 Å². The molecule has 0 spiro atoms. The van der Waals surface area contributed by atoms with Crippen LogP contribution in [0.4, 0.5) is 4.79 Å². The van der Waals surface area contributed by atoms with E-state index in [-0.39, 0.29) is 36.5 Å². The predicted molar refractivity (Wildman–Crippen MR) is 158 cm³/mol. The van der Waals surface area contributed by atoms with E-state index in [0.717, 1.165) is 16.7 Å². The highest BCUT2D eigenvalue weighted by atomic mass is 32.2. The van der Waals surface area contributed by atoms with Crippen molar-refractivity contribution in [3.8, 4) is 5.75 Å². The number of carbonyl (C=O) groups is 2. The van der Waals surface area contributed by atoms with Crippen LogP contribution in [-0.2, 0) is 30.9 Å². The lowest BCUT2D eigenvalue weighted by molar-refractivity contribution is -0.146. The number of sulfonamides is 1. The normalized spacial score (nSPS) is 15.4. The van der Waals surface area contributed by atoms with Crippen molar-refractivity contribution in [1.82, 2.24) is 9.62 Å². The molecule has 0 bridgehead atoms. The number of rotatable bonds is 9. The minimum atomic E-state index is -3.67. The van der Waals surface area contributed by atoms with Crippen LogP contribution in [0.25, 0.3) is 0 Å². The standard InChI is InChI=1S/C32H38N2O7S/c1-32(2,3)41-31(36)33-29(24-9-6-5-7-10-24)26-11-8-12-27(21-26)40-22-23-13-15-28(16-14-23)42(37,38)34-19-17-25(18-20-34)30(35)39-4/h5-16,21,25,29H,17-20,22H2,1-4H3,(H,33,36)/t29-/m0/s1. The zero-order valence-corrected chi connectivity index (χ0v) is 25.2. The number of carbonyl (C=O) groups excluding carboxylic acids is 2. The summed E-state index contributed by atoms with van der Waals surface area (Å²) in [7, 11) is -2.32. The van der Waals surface area contributed by atoms with Gasteiger partial charge in [-0.3, -0.25) is 4.79 Å². The van der Waals surface area contributed by atoms with Crippen molar-refractivity contribution >= 4 is 22.1 Å². The fraction of sp³-hybridized carbons (Fsp3) is 0.375. The Morgan fingerprint density at radius 3 is 2.19 bits per heavy atom. The maximum Gasteiger partial charge on any atom is 0.408 e. The summed E-state index contributed by atoms with van der Waals surface area (Å²) in [5.41, 5.74) is 1.89. The molecule has 3 aromatic rings. The first-order valence-corrected chi connectivity index (χ1v) is 15.3. The second kappa shape index (κ2) is 13.4. The van der Waals surface area contributed by atoms with Crippen LogP contribution in [0.3, 0.4) is 0 Å². The van der Waals surface area contributed by atoms with Gasteiger partial charge < -0.3 is 19.5 Å². The largest absolute Gasteiger partial charge is 0.489 e. The third-order valence-corrected chi connectivity index (χ3v) is 8.85. The number of hydrogen-bond acceptors (Lipinski definition) is 7. The second-order valence-electron chi connectivity index (χ2n) is 11.2. The molecule has 42 heavy (non-hydrogen) atoms. The van der Waals surface area contributed by atoms with Crippen LogP contribution in [0.5, 0.6) is 5.75 Å². The molecule has 4 rings (SSSR count). The first-order chi connectivity index (χ1) is 20.0. The number of hydrogen-bond donors (Lipinski definition) is 1. The SMILES string of the molecule is COC(=O)C1CCN(S(=O)(=O)c2ccc(COc3cccc([C@@H](NC(=O)OC(C)(C)C)c4ccccc4)c3)cc2)CC1. The van der Waals surface area contributed by atoms with E-state index in [1.54, 1.807) is 24.3 Å². The monoisotopic (exact) mass is 594 g/mol. The van der Waals surface area contributed by atoms with E-state index in [4.69, 9.17) is 14.2 Å². The molecule has 0 saturated carbocycles. The summed E-state index contributed by atoms with van der Waals surface area (Å²) in [5.74, 6) is 0.0389. The molecule has 0 aliphatic carbocycles. The van der Waals surface area contributed by atoms with Crippen molar-refractivity contribution in [2.24, 2.45) is 5.92 Å². The van der Waals surface area contributed by atoms with Gasteiger partial charge in [0, 0.05) is 13.1 Å². The summed E-state index contributed by atoms with van der Waals surface area (Å²) in [4.78, 5) is 24.6. The number of piperidine rings is 1. The van der Waals surface area contributed by atoms with Gasteiger partial charge in [-0.05, 0) is 74.6 Å². The van der Waals surface area contributed by atoms with Gasteiger partial charge in [-0.2, -0.15) is 4.31 Å². The lowest BCUT2D eigenvalue weighted by Gasteiger charge is -2.29. The number of ether oxygens (including phenoxy) is 3. The molecule has 0 aromatic heterocycles. The fourth-order valence-corrected chi connectivity index (χ4v) is 6.26. The van der Waals surface area contributed by atoms with E-state index in [0.29, 0.717) is 18.6 Å². The molecule has 3 aromatic carbocycles. The number of nitrogens with one attached hydrogen (secondary N) is 1. The molecule has 1 aliphatic heterocycles. The van der Waals surface area contributed by atoms with Crippen LogP contribution in [0.1, 0.15) is 56.3 Å². The van der Waals surface area contributed by atoms with Gasteiger partial charge in [-0.15, -0.1) is 0 Å². The number of benzene rings is 3. The average Bonchev–Trinajstić information content (AvgIpc) is 2.98. The Kier molecular flexibility index (Phi) is 9.90. The maximum absolute atomic E-state index is 13.1. The summed E-state index contributed by atoms with van der Waals surface area (Å²) in [6, 6.07) is 23.2. The molecule has 1 atom stereocenters. The molecule has 0 unspecified atom stereocenters. The third kappa shape index (κ3) is 8.10. The summed E-state index contributed by atoms with van der Waals surface area (Å²) < 4.78 is 44.0. The number of nitrogens with zero attached hydrogens (tertiary/aromatic N) is 1. The van der Waals surface area contributed by atoms with Crippen molar-refractivity contribution in [2.75, 3.05) is 20.2 Å². The van der Waals surface area contributed by atoms with Gasteiger partial charge in [0.05, 0.1) is 24.0 Å². The number of amides is 1. The van der Waals surface area contributed by atoms with Crippen molar-refractivity contribution < 1.29 is 32.2 Å². The van der Waals surface area contributed by atoms with E-state index < -0.39 is 27.8 Å². The molecule has 9 nitrogen and oxygen atoms in total. The Labute approximate surface area is 247 Å². The minimum Gasteiger partial charge on any atom is -0.489 e. The summed E-state index contributed by atoms with van der Waals surface area (Å²) in [6.07, 6.45) is 0.357. The highest BCUT2D eigenvalue weighted by Crippen LogP contribution is 2.28. The molecular weight excluding hydrogens is 556 g/mol. The lowest BCUT2D eigenvalue weighted by atomic mass is 9.98.